The van der Waals surface area contributed by atoms with Crippen molar-refractivity contribution in [1.29, 1.82) is 0 Å². The standard InChI is InChI=1S/C6H9FN4O2/c1-4(7)3-11-5(2-6(12)13)8-9-10-11/h4H,2-3H2,1H3,(H,12,13). The van der Waals surface area contributed by atoms with Crippen LogP contribution >= 0.6 is 0 Å². The van der Waals surface area contributed by atoms with Crippen LogP contribution in [0.4, 0.5) is 4.39 Å². The summed E-state index contributed by atoms with van der Waals surface area (Å²) in [6.45, 7) is 1.34. The van der Waals surface area contributed by atoms with Crippen molar-refractivity contribution in [3.05, 3.63) is 5.82 Å². The maximum Gasteiger partial charge on any atom is 0.311 e. The van der Waals surface area contributed by atoms with Gasteiger partial charge < -0.3 is 5.11 Å². The number of aromatic nitrogens is 4. The Kier molecular flexibility index (Phi) is 2.88. The minimum absolute atomic E-state index is 0.0182. The molecule has 7 heteroatoms. The van der Waals surface area contributed by atoms with Gasteiger partial charge in [0.1, 0.15) is 12.6 Å². The van der Waals surface area contributed by atoms with E-state index in [-0.39, 0.29) is 18.8 Å². The predicted octanol–water partition coefficient (Wildman–Crippen LogP) is -0.342. The quantitative estimate of drug-likeness (QED) is 0.698. The zero-order valence-corrected chi connectivity index (χ0v) is 7.01. The Bertz CT molecular complexity index is 299. The van der Waals surface area contributed by atoms with Crippen molar-refractivity contribution in [2.45, 2.75) is 26.1 Å². The van der Waals surface area contributed by atoms with Gasteiger partial charge in [-0.25, -0.2) is 9.07 Å². The van der Waals surface area contributed by atoms with Crippen molar-refractivity contribution >= 4 is 5.97 Å². The third-order valence-corrected chi connectivity index (χ3v) is 1.34. The number of tetrazole rings is 1. The predicted molar refractivity (Wildman–Crippen MR) is 39.7 cm³/mol. The Morgan fingerprint density at radius 3 is 3.00 bits per heavy atom. The van der Waals surface area contributed by atoms with Gasteiger partial charge in [-0.05, 0) is 17.4 Å². The normalized spacial score (nSPS) is 12.8. The summed E-state index contributed by atoms with van der Waals surface area (Å²) in [5, 5.41) is 18.6. The number of aliphatic carboxylic acids is 1. The maximum absolute atomic E-state index is 12.5. The second-order valence-corrected chi connectivity index (χ2v) is 2.63. The molecule has 72 valence electrons. The molecule has 0 aliphatic carbocycles. The largest absolute Gasteiger partial charge is 0.481 e. The van der Waals surface area contributed by atoms with Gasteiger partial charge >= 0.3 is 5.97 Å². The van der Waals surface area contributed by atoms with E-state index in [0.717, 1.165) is 4.68 Å². The molecule has 0 saturated carbocycles. The van der Waals surface area contributed by atoms with E-state index in [2.05, 4.69) is 15.5 Å². The zero-order valence-electron chi connectivity index (χ0n) is 7.01. The molecule has 6 nitrogen and oxygen atoms in total. The van der Waals surface area contributed by atoms with Crippen LogP contribution in [0.2, 0.25) is 0 Å². The Labute approximate surface area is 73.4 Å². The van der Waals surface area contributed by atoms with Crippen LogP contribution in [-0.2, 0) is 17.8 Å². The SMILES string of the molecule is CC(F)Cn1nnnc1CC(=O)O. The van der Waals surface area contributed by atoms with Crippen LogP contribution in [0.25, 0.3) is 0 Å². The monoisotopic (exact) mass is 188 g/mol. The molecule has 0 aliphatic rings. The summed E-state index contributed by atoms with van der Waals surface area (Å²) in [7, 11) is 0. The Morgan fingerprint density at radius 1 is 1.77 bits per heavy atom. The molecule has 0 amide bonds. The van der Waals surface area contributed by atoms with Crippen LogP contribution in [-0.4, -0.2) is 37.5 Å². The lowest BCUT2D eigenvalue weighted by Gasteiger charge is -2.02. The number of nitrogens with zero attached hydrogens (tertiary/aromatic N) is 4. The van der Waals surface area contributed by atoms with Gasteiger partial charge in [-0.3, -0.25) is 4.79 Å². The molecule has 0 saturated heterocycles. The van der Waals surface area contributed by atoms with Crippen molar-refractivity contribution in [2.75, 3.05) is 0 Å². The van der Waals surface area contributed by atoms with Crippen LogP contribution in [0.1, 0.15) is 12.7 Å². The molecular formula is C6H9FN4O2. The number of carboxylic acid groups (broad SMARTS) is 1. The minimum Gasteiger partial charge on any atom is -0.481 e. The van der Waals surface area contributed by atoms with Gasteiger partial charge in [0, 0.05) is 0 Å². The highest BCUT2D eigenvalue weighted by Gasteiger charge is 2.11. The Hall–Kier alpha value is -1.53. The third-order valence-electron chi connectivity index (χ3n) is 1.34. The molecule has 13 heavy (non-hydrogen) atoms. The first kappa shape index (κ1) is 9.56. The van der Waals surface area contributed by atoms with Crippen LogP contribution in [0.15, 0.2) is 0 Å². The molecule has 1 rings (SSSR count). The fourth-order valence-corrected chi connectivity index (χ4v) is 0.865. The smallest absolute Gasteiger partial charge is 0.311 e. The fourth-order valence-electron chi connectivity index (χ4n) is 0.865. The molecule has 1 aromatic heterocycles. The summed E-state index contributed by atoms with van der Waals surface area (Å²) in [4.78, 5) is 10.3. The number of carbonyl (C=O) groups is 1. The molecule has 1 unspecified atom stereocenters. The van der Waals surface area contributed by atoms with Gasteiger partial charge in [0.05, 0.1) is 6.54 Å². The average Bonchev–Trinajstić information content (AvgIpc) is 2.34. The van der Waals surface area contributed by atoms with Gasteiger partial charge in [-0.1, -0.05) is 0 Å². The number of hydrogen-bond acceptors (Lipinski definition) is 4. The average molecular weight is 188 g/mol. The lowest BCUT2D eigenvalue weighted by molar-refractivity contribution is -0.136. The van der Waals surface area contributed by atoms with E-state index < -0.39 is 12.1 Å². The lowest BCUT2D eigenvalue weighted by atomic mass is 10.4. The first-order valence-electron chi connectivity index (χ1n) is 3.70. The van der Waals surface area contributed by atoms with Crippen molar-refractivity contribution in [1.82, 2.24) is 20.2 Å². The van der Waals surface area contributed by atoms with E-state index in [1.165, 1.54) is 6.92 Å². The fraction of sp³-hybridized carbons (Fsp3) is 0.667. The van der Waals surface area contributed by atoms with E-state index in [9.17, 15) is 9.18 Å². The summed E-state index contributed by atoms with van der Waals surface area (Å²) < 4.78 is 13.7. The second-order valence-electron chi connectivity index (χ2n) is 2.63. The highest BCUT2D eigenvalue weighted by Crippen LogP contribution is 1.98. The van der Waals surface area contributed by atoms with Gasteiger partial charge in [-0.15, -0.1) is 5.10 Å². The first-order chi connectivity index (χ1) is 6.09. The highest BCUT2D eigenvalue weighted by molar-refractivity contribution is 5.68. The number of rotatable bonds is 4. The summed E-state index contributed by atoms with van der Waals surface area (Å²) in [5.74, 6) is -0.875. The van der Waals surface area contributed by atoms with Crippen LogP contribution in [0.3, 0.4) is 0 Å². The third kappa shape index (κ3) is 2.77. The van der Waals surface area contributed by atoms with Gasteiger partial charge in [0.25, 0.3) is 0 Å². The number of hydrogen-bond donors (Lipinski definition) is 1. The molecule has 0 spiro atoms. The lowest BCUT2D eigenvalue weighted by Crippen LogP contribution is -2.15. The first-order valence-corrected chi connectivity index (χ1v) is 3.70. The molecule has 0 fully saturated rings. The summed E-state index contributed by atoms with van der Waals surface area (Å²) in [6.07, 6.45) is -1.39. The van der Waals surface area contributed by atoms with Crippen molar-refractivity contribution < 1.29 is 14.3 Å². The van der Waals surface area contributed by atoms with Crippen molar-refractivity contribution in [3.8, 4) is 0 Å². The highest BCUT2D eigenvalue weighted by atomic mass is 19.1. The van der Waals surface area contributed by atoms with E-state index >= 15 is 0 Å². The van der Waals surface area contributed by atoms with E-state index in [1.54, 1.807) is 0 Å². The van der Waals surface area contributed by atoms with Gasteiger partial charge in [0.15, 0.2) is 5.82 Å². The zero-order chi connectivity index (χ0) is 9.84. The molecule has 1 aromatic rings. The molecule has 0 bridgehead atoms. The van der Waals surface area contributed by atoms with Crippen LogP contribution in [0.5, 0.6) is 0 Å². The summed E-state index contributed by atoms with van der Waals surface area (Å²) in [5.41, 5.74) is 0. The van der Waals surface area contributed by atoms with Crippen molar-refractivity contribution in [3.63, 3.8) is 0 Å². The molecule has 1 N–H and O–H groups in total. The maximum atomic E-state index is 12.5. The van der Waals surface area contributed by atoms with Gasteiger partial charge in [-0.2, -0.15) is 0 Å². The Morgan fingerprint density at radius 2 is 2.46 bits per heavy atom. The molecular weight excluding hydrogens is 179 g/mol. The number of carboxylic acids is 1. The number of alkyl halides is 1. The molecule has 1 heterocycles. The van der Waals surface area contributed by atoms with Gasteiger partial charge in [0.2, 0.25) is 0 Å². The Balaban J connectivity index is 2.71. The summed E-state index contributed by atoms with van der Waals surface area (Å²) >= 11 is 0. The molecule has 0 aliphatic heterocycles. The van der Waals surface area contributed by atoms with E-state index in [4.69, 9.17) is 5.11 Å². The molecule has 1 atom stereocenters. The van der Waals surface area contributed by atoms with E-state index in [0.29, 0.717) is 0 Å². The molecule has 0 radical (unpaired) electrons. The van der Waals surface area contributed by atoms with Crippen LogP contribution < -0.4 is 0 Å². The van der Waals surface area contributed by atoms with Crippen LogP contribution in [0, 0.1) is 0 Å². The minimum atomic E-state index is -1.10. The molecule has 0 aromatic carbocycles. The van der Waals surface area contributed by atoms with E-state index in [1.807, 2.05) is 0 Å². The topological polar surface area (TPSA) is 80.9 Å². The second kappa shape index (κ2) is 3.92. The van der Waals surface area contributed by atoms with Crippen molar-refractivity contribution in [2.24, 2.45) is 0 Å². The number of halogens is 1. The summed E-state index contributed by atoms with van der Waals surface area (Å²) in [6, 6.07) is 0.